The second kappa shape index (κ2) is 5.36. The van der Waals surface area contributed by atoms with Crippen LogP contribution in [0.1, 0.15) is 34.6 Å². The minimum Gasteiger partial charge on any atom is -0.284 e. The van der Waals surface area contributed by atoms with E-state index in [4.69, 9.17) is 0 Å². The van der Waals surface area contributed by atoms with Crippen LogP contribution in [0.5, 0.6) is 0 Å². The quantitative estimate of drug-likeness (QED) is 0.357. The van der Waals surface area contributed by atoms with Gasteiger partial charge in [-0.25, -0.2) is 0 Å². The number of nitrogens with zero attached hydrogens (tertiary/aromatic N) is 2. The molecule has 110 valence electrons. The van der Waals surface area contributed by atoms with E-state index in [-0.39, 0.29) is 22.7 Å². The number of nitro groups is 1. The van der Waals surface area contributed by atoms with Crippen LogP contribution < -0.4 is 0 Å². The van der Waals surface area contributed by atoms with E-state index in [1.165, 1.54) is 6.07 Å². The summed E-state index contributed by atoms with van der Waals surface area (Å²) in [5.74, 6) is -1.59. The zero-order valence-electron chi connectivity index (χ0n) is 11.2. The fourth-order valence-corrected chi connectivity index (χ4v) is 3.01. The molecule has 1 unspecified atom stereocenters. The third-order valence-electron chi connectivity index (χ3n) is 3.25. The molecule has 1 atom stereocenters. The van der Waals surface area contributed by atoms with Gasteiger partial charge in [0.15, 0.2) is 0 Å². The van der Waals surface area contributed by atoms with Crippen molar-refractivity contribution in [1.82, 2.24) is 4.90 Å². The number of nitro benzene ring substituents is 1. The number of non-ortho nitro benzene ring substituents is 1. The molecule has 2 rings (SSSR count). The fourth-order valence-electron chi connectivity index (χ4n) is 2.28. The number of amides is 2. The largest absolute Gasteiger partial charge is 0.284 e. The Morgan fingerprint density at radius 1 is 1.24 bits per heavy atom. The van der Waals surface area contributed by atoms with Gasteiger partial charge in [0.05, 0.1) is 16.1 Å². The van der Waals surface area contributed by atoms with Gasteiger partial charge in [-0.3, -0.25) is 29.4 Å². The average Bonchev–Trinajstić information content (AvgIpc) is 2.63. The van der Waals surface area contributed by atoms with Gasteiger partial charge in [-0.1, -0.05) is 13.8 Å². The number of benzene rings is 1. The van der Waals surface area contributed by atoms with Crippen molar-refractivity contribution < 1.29 is 19.3 Å². The first-order valence-corrected chi connectivity index (χ1v) is 6.90. The highest BCUT2D eigenvalue weighted by Gasteiger charge is 2.44. The maximum atomic E-state index is 12.3. The van der Waals surface area contributed by atoms with E-state index in [0.29, 0.717) is 0 Å². The van der Waals surface area contributed by atoms with Gasteiger partial charge in [-0.15, -0.1) is 0 Å². The lowest BCUT2D eigenvalue weighted by molar-refractivity contribution is -0.384. The Balaban J connectivity index is 2.51. The maximum absolute atomic E-state index is 12.3. The van der Waals surface area contributed by atoms with Crippen molar-refractivity contribution in [3.63, 3.8) is 0 Å². The lowest BCUT2D eigenvalue weighted by Crippen LogP contribution is -2.46. The Hall–Kier alpha value is -2.09. The Labute approximate surface area is 128 Å². The predicted octanol–water partition coefficient (Wildman–Crippen LogP) is 2.14. The Kier molecular flexibility index (Phi) is 3.91. The highest BCUT2D eigenvalue weighted by molar-refractivity contribution is 9.18. The van der Waals surface area contributed by atoms with Crippen molar-refractivity contribution in [2.75, 3.05) is 0 Å². The summed E-state index contributed by atoms with van der Waals surface area (Å²) in [5, 5.41) is 10.8. The van der Waals surface area contributed by atoms with Gasteiger partial charge in [-0.05, 0) is 27.9 Å². The minimum atomic E-state index is -0.948. The van der Waals surface area contributed by atoms with Crippen LogP contribution in [-0.4, -0.2) is 32.4 Å². The molecule has 8 heteroatoms. The van der Waals surface area contributed by atoms with Crippen LogP contribution in [0.25, 0.3) is 0 Å². The van der Waals surface area contributed by atoms with Crippen molar-refractivity contribution in [3.05, 3.63) is 39.4 Å². The van der Waals surface area contributed by atoms with Gasteiger partial charge in [-0.2, -0.15) is 0 Å². The molecule has 0 aromatic heterocycles. The highest BCUT2D eigenvalue weighted by atomic mass is 79.9. The highest BCUT2D eigenvalue weighted by Crippen LogP contribution is 2.30. The zero-order valence-corrected chi connectivity index (χ0v) is 12.8. The smallest absolute Gasteiger partial charge is 0.270 e. The van der Waals surface area contributed by atoms with Crippen molar-refractivity contribution in [3.8, 4) is 0 Å². The maximum Gasteiger partial charge on any atom is 0.270 e. The first-order valence-electron chi connectivity index (χ1n) is 6.11. The van der Waals surface area contributed by atoms with Crippen LogP contribution in [0, 0.1) is 16.0 Å². The number of hydrogen-bond donors (Lipinski definition) is 0. The molecular weight excluding hydrogens is 344 g/mol. The molecule has 2 amide bonds. The number of hydrogen-bond acceptors (Lipinski definition) is 5. The predicted molar refractivity (Wildman–Crippen MR) is 76.2 cm³/mol. The third-order valence-corrected chi connectivity index (χ3v) is 3.72. The first kappa shape index (κ1) is 15.3. The third kappa shape index (κ3) is 2.46. The van der Waals surface area contributed by atoms with E-state index in [2.05, 4.69) is 15.9 Å². The van der Waals surface area contributed by atoms with E-state index in [1.54, 1.807) is 13.8 Å². The van der Waals surface area contributed by atoms with E-state index >= 15 is 0 Å². The summed E-state index contributed by atoms with van der Waals surface area (Å²) in [5.41, 5.74) is -0.249. The topological polar surface area (TPSA) is 97.6 Å². The molecular formula is C13H11BrN2O5. The molecule has 0 saturated carbocycles. The second-order valence-electron chi connectivity index (χ2n) is 4.96. The van der Waals surface area contributed by atoms with E-state index in [9.17, 15) is 24.5 Å². The van der Waals surface area contributed by atoms with Gasteiger partial charge in [0, 0.05) is 12.1 Å². The molecule has 1 heterocycles. The van der Waals surface area contributed by atoms with Crippen LogP contribution >= 0.6 is 15.9 Å². The van der Waals surface area contributed by atoms with Crippen LogP contribution in [0.4, 0.5) is 5.69 Å². The summed E-state index contributed by atoms with van der Waals surface area (Å²) in [7, 11) is 0. The summed E-state index contributed by atoms with van der Waals surface area (Å²) in [4.78, 5) is 47.3. The Morgan fingerprint density at radius 3 is 2.29 bits per heavy atom. The molecule has 21 heavy (non-hydrogen) atoms. The van der Waals surface area contributed by atoms with Crippen LogP contribution in [0.3, 0.4) is 0 Å². The molecule has 0 spiro atoms. The summed E-state index contributed by atoms with van der Waals surface area (Å²) in [6.07, 6.45) is 0. The fraction of sp³-hybridized carbons (Fsp3) is 0.308. The minimum absolute atomic E-state index is 0.0476. The summed E-state index contributed by atoms with van der Waals surface area (Å²) < 4.78 is -0.485. The Morgan fingerprint density at radius 2 is 1.81 bits per heavy atom. The molecule has 1 aliphatic rings. The standard InChI is InChI=1S/C13H11BrN2O5/c1-6(2)10(11(14)17)15-12(18)8-4-3-7(16(20)21)5-9(8)13(15)19/h3-6,10H,1-2H3. The molecule has 7 nitrogen and oxygen atoms in total. The van der Waals surface area contributed by atoms with Gasteiger partial charge in [0.25, 0.3) is 17.5 Å². The number of carbonyl (C=O) groups is 3. The van der Waals surface area contributed by atoms with Crippen LogP contribution in [-0.2, 0) is 4.79 Å². The van der Waals surface area contributed by atoms with Crippen LogP contribution in [0.2, 0.25) is 0 Å². The summed E-state index contributed by atoms with van der Waals surface area (Å²) in [6, 6.07) is 2.51. The normalized spacial score (nSPS) is 15.3. The SMILES string of the molecule is CC(C)C(C(=O)Br)N1C(=O)c2ccc([N+](=O)[O-])cc2C1=O. The monoisotopic (exact) mass is 354 g/mol. The molecule has 0 bridgehead atoms. The van der Waals surface area contributed by atoms with Crippen molar-refractivity contribution in [2.24, 2.45) is 5.92 Å². The molecule has 1 aromatic carbocycles. The van der Waals surface area contributed by atoms with Crippen molar-refractivity contribution >= 4 is 38.1 Å². The molecule has 0 N–H and O–H groups in total. The molecule has 0 aliphatic carbocycles. The lowest BCUT2D eigenvalue weighted by atomic mass is 10.0. The van der Waals surface area contributed by atoms with Crippen LogP contribution in [0.15, 0.2) is 18.2 Å². The van der Waals surface area contributed by atoms with Crippen molar-refractivity contribution in [1.29, 1.82) is 0 Å². The Bertz CT molecular complexity index is 671. The molecule has 1 aliphatic heterocycles. The average molecular weight is 355 g/mol. The number of carbonyl (C=O) groups excluding carboxylic acids is 3. The number of fused-ring (bicyclic) bond motifs is 1. The van der Waals surface area contributed by atoms with E-state index in [0.717, 1.165) is 17.0 Å². The molecule has 0 saturated heterocycles. The van der Waals surface area contributed by atoms with Gasteiger partial charge in [0.1, 0.15) is 6.04 Å². The summed E-state index contributed by atoms with van der Waals surface area (Å²) in [6.45, 7) is 3.41. The van der Waals surface area contributed by atoms with E-state index in [1.807, 2.05) is 0 Å². The van der Waals surface area contributed by atoms with Gasteiger partial charge >= 0.3 is 0 Å². The lowest BCUT2D eigenvalue weighted by Gasteiger charge is -2.26. The summed E-state index contributed by atoms with van der Waals surface area (Å²) >= 11 is 2.80. The first-order chi connectivity index (χ1) is 9.75. The van der Waals surface area contributed by atoms with E-state index < -0.39 is 27.5 Å². The van der Waals surface area contributed by atoms with Gasteiger partial charge in [0.2, 0.25) is 4.69 Å². The molecule has 0 radical (unpaired) electrons. The van der Waals surface area contributed by atoms with Crippen molar-refractivity contribution in [2.45, 2.75) is 19.9 Å². The molecule has 0 fully saturated rings. The zero-order chi connectivity index (χ0) is 15.9. The number of imide groups is 1. The number of rotatable bonds is 4. The molecule has 1 aromatic rings. The van der Waals surface area contributed by atoms with Gasteiger partial charge < -0.3 is 0 Å². The number of halogens is 1. The second-order valence-corrected chi connectivity index (χ2v) is 5.74.